The molecule has 1 unspecified atom stereocenters. The largest absolute Gasteiger partial charge is 0.492 e. The van der Waals surface area contributed by atoms with Gasteiger partial charge in [-0.3, -0.25) is 9.69 Å². The molecule has 1 atom stereocenters. The lowest BCUT2D eigenvalue weighted by atomic mass is 10.2. The standard InChI is InChI=1S/C16H25N3O2.2ClH/c1-13-4-3-5-15(12-13)21-11-8-18-16(20)14(2)19-9-6-17-7-10-19;;/h3-5,12,14,17H,6-11H2,1-2H3,(H,18,20);2*1H. The maximum atomic E-state index is 12.1. The van der Waals surface area contributed by atoms with E-state index in [-0.39, 0.29) is 36.8 Å². The molecule has 0 aromatic heterocycles. The minimum Gasteiger partial charge on any atom is -0.492 e. The predicted octanol–water partition coefficient (Wildman–Crippen LogP) is 1.63. The Hall–Kier alpha value is -1.01. The van der Waals surface area contributed by atoms with Crippen LogP contribution in [0.4, 0.5) is 0 Å². The summed E-state index contributed by atoms with van der Waals surface area (Å²) in [6.07, 6.45) is 0. The summed E-state index contributed by atoms with van der Waals surface area (Å²) < 4.78 is 5.62. The summed E-state index contributed by atoms with van der Waals surface area (Å²) in [4.78, 5) is 14.3. The van der Waals surface area contributed by atoms with Crippen LogP contribution in [0.1, 0.15) is 12.5 Å². The van der Waals surface area contributed by atoms with Crippen molar-refractivity contribution < 1.29 is 9.53 Å². The Morgan fingerprint density at radius 3 is 2.70 bits per heavy atom. The van der Waals surface area contributed by atoms with E-state index in [1.54, 1.807) is 0 Å². The van der Waals surface area contributed by atoms with Crippen molar-refractivity contribution >= 4 is 30.7 Å². The second-order valence-electron chi connectivity index (χ2n) is 5.42. The highest BCUT2D eigenvalue weighted by molar-refractivity contribution is 5.85. The monoisotopic (exact) mass is 363 g/mol. The molecule has 5 nitrogen and oxygen atoms in total. The van der Waals surface area contributed by atoms with Gasteiger partial charge in [0.25, 0.3) is 0 Å². The summed E-state index contributed by atoms with van der Waals surface area (Å²) in [5.74, 6) is 0.921. The average molecular weight is 364 g/mol. The first kappa shape index (κ1) is 22.0. The fourth-order valence-electron chi connectivity index (χ4n) is 2.43. The second-order valence-corrected chi connectivity index (χ2v) is 5.42. The number of nitrogens with zero attached hydrogens (tertiary/aromatic N) is 1. The van der Waals surface area contributed by atoms with E-state index in [9.17, 15) is 4.79 Å². The number of amides is 1. The number of halogens is 2. The summed E-state index contributed by atoms with van der Waals surface area (Å²) in [5.41, 5.74) is 1.17. The number of rotatable bonds is 6. The molecule has 0 spiro atoms. The van der Waals surface area contributed by atoms with Crippen molar-refractivity contribution in [3.05, 3.63) is 29.8 Å². The number of ether oxygens (including phenoxy) is 1. The Labute approximate surface area is 151 Å². The molecule has 0 radical (unpaired) electrons. The number of piperazine rings is 1. The fraction of sp³-hybridized carbons (Fsp3) is 0.562. The van der Waals surface area contributed by atoms with Crippen molar-refractivity contribution in [2.75, 3.05) is 39.3 Å². The van der Waals surface area contributed by atoms with Crippen LogP contribution < -0.4 is 15.4 Å². The van der Waals surface area contributed by atoms with Crippen molar-refractivity contribution in [2.45, 2.75) is 19.9 Å². The van der Waals surface area contributed by atoms with Crippen molar-refractivity contribution in [3.8, 4) is 5.75 Å². The lowest BCUT2D eigenvalue weighted by Gasteiger charge is -2.31. The lowest BCUT2D eigenvalue weighted by Crippen LogP contribution is -2.53. The number of hydrogen-bond acceptors (Lipinski definition) is 4. The maximum absolute atomic E-state index is 12.1. The smallest absolute Gasteiger partial charge is 0.237 e. The van der Waals surface area contributed by atoms with E-state index in [2.05, 4.69) is 15.5 Å². The number of benzene rings is 1. The highest BCUT2D eigenvalue weighted by Gasteiger charge is 2.22. The first-order chi connectivity index (χ1) is 10.2. The van der Waals surface area contributed by atoms with Gasteiger partial charge in [-0.1, -0.05) is 12.1 Å². The van der Waals surface area contributed by atoms with Gasteiger partial charge in [-0.15, -0.1) is 24.8 Å². The van der Waals surface area contributed by atoms with Gasteiger partial charge in [0.15, 0.2) is 0 Å². The molecule has 1 amide bonds. The van der Waals surface area contributed by atoms with Gasteiger partial charge in [0.1, 0.15) is 12.4 Å². The molecule has 2 N–H and O–H groups in total. The zero-order valence-electron chi connectivity index (χ0n) is 13.7. The van der Waals surface area contributed by atoms with Crippen LogP contribution in [0.25, 0.3) is 0 Å². The lowest BCUT2D eigenvalue weighted by molar-refractivity contribution is -0.126. The van der Waals surface area contributed by atoms with Crippen LogP contribution in [-0.4, -0.2) is 56.2 Å². The SMILES string of the molecule is Cc1cccc(OCCNC(=O)C(C)N2CCNCC2)c1.Cl.Cl. The summed E-state index contributed by atoms with van der Waals surface area (Å²) in [6, 6.07) is 7.84. The van der Waals surface area contributed by atoms with Crippen LogP contribution >= 0.6 is 24.8 Å². The van der Waals surface area contributed by atoms with E-state index in [0.717, 1.165) is 31.9 Å². The molecule has 1 heterocycles. The van der Waals surface area contributed by atoms with Crippen molar-refractivity contribution in [1.29, 1.82) is 0 Å². The van der Waals surface area contributed by atoms with Crippen LogP contribution in [0.15, 0.2) is 24.3 Å². The molecule has 1 aliphatic rings. The molecule has 132 valence electrons. The van der Waals surface area contributed by atoms with Crippen LogP contribution in [0.5, 0.6) is 5.75 Å². The Morgan fingerprint density at radius 2 is 2.04 bits per heavy atom. The molecule has 0 bridgehead atoms. The molecule has 23 heavy (non-hydrogen) atoms. The number of aryl methyl sites for hydroxylation is 1. The maximum Gasteiger partial charge on any atom is 0.237 e. The zero-order valence-corrected chi connectivity index (χ0v) is 15.3. The van der Waals surface area contributed by atoms with E-state index in [1.807, 2.05) is 38.1 Å². The summed E-state index contributed by atoms with van der Waals surface area (Å²) in [5, 5.41) is 6.23. The van der Waals surface area contributed by atoms with E-state index >= 15 is 0 Å². The molecule has 0 saturated carbocycles. The third kappa shape index (κ3) is 7.40. The molecule has 1 fully saturated rings. The summed E-state index contributed by atoms with van der Waals surface area (Å²) in [6.45, 7) is 8.77. The number of hydrogen-bond donors (Lipinski definition) is 2. The van der Waals surface area contributed by atoms with Crippen LogP contribution in [-0.2, 0) is 4.79 Å². The third-order valence-corrected chi connectivity index (χ3v) is 3.74. The normalized spacial score (nSPS) is 15.7. The van der Waals surface area contributed by atoms with Gasteiger partial charge in [0.2, 0.25) is 5.91 Å². The van der Waals surface area contributed by atoms with Gasteiger partial charge in [-0.2, -0.15) is 0 Å². The van der Waals surface area contributed by atoms with Gasteiger partial charge < -0.3 is 15.4 Å². The van der Waals surface area contributed by atoms with Crippen molar-refractivity contribution in [3.63, 3.8) is 0 Å². The van der Waals surface area contributed by atoms with Crippen LogP contribution in [0, 0.1) is 6.92 Å². The Kier molecular flexibility index (Phi) is 11.0. The van der Waals surface area contributed by atoms with Gasteiger partial charge >= 0.3 is 0 Å². The highest BCUT2D eigenvalue weighted by Crippen LogP contribution is 2.11. The van der Waals surface area contributed by atoms with Gasteiger partial charge in [-0.25, -0.2) is 0 Å². The summed E-state index contributed by atoms with van der Waals surface area (Å²) in [7, 11) is 0. The zero-order chi connectivity index (χ0) is 15.1. The van der Waals surface area contributed by atoms with Crippen molar-refractivity contribution in [1.82, 2.24) is 15.5 Å². The van der Waals surface area contributed by atoms with Crippen molar-refractivity contribution in [2.24, 2.45) is 0 Å². The number of carbonyl (C=O) groups excluding carboxylic acids is 1. The molecule has 2 rings (SSSR count). The average Bonchev–Trinajstić information content (AvgIpc) is 2.51. The highest BCUT2D eigenvalue weighted by atomic mass is 35.5. The molecule has 0 aliphatic carbocycles. The van der Waals surface area contributed by atoms with E-state index in [0.29, 0.717) is 13.2 Å². The van der Waals surface area contributed by atoms with Gasteiger partial charge in [-0.05, 0) is 31.5 Å². The molecule has 1 aromatic carbocycles. The molecular weight excluding hydrogens is 337 g/mol. The van der Waals surface area contributed by atoms with E-state index in [1.165, 1.54) is 5.56 Å². The topological polar surface area (TPSA) is 53.6 Å². The Balaban J connectivity index is 0.00000242. The molecular formula is C16H27Cl2N3O2. The minimum absolute atomic E-state index is 0. The molecule has 1 saturated heterocycles. The van der Waals surface area contributed by atoms with E-state index in [4.69, 9.17) is 4.74 Å². The second kappa shape index (κ2) is 11.5. The molecule has 1 aliphatic heterocycles. The Bertz CT molecular complexity index is 468. The van der Waals surface area contributed by atoms with Gasteiger partial charge in [0, 0.05) is 26.2 Å². The quantitative estimate of drug-likeness (QED) is 0.754. The first-order valence-corrected chi connectivity index (χ1v) is 7.59. The number of nitrogens with one attached hydrogen (secondary N) is 2. The van der Waals surface area contributed by atoms with Gasteiger partial charge in [0.05, 0.1) is 12.6 Å². The molecule has 7 heteroatoms. The third-order valence-electron chi connectivity index (χ3n) is 3.74. The van der Waals surface area contributed by atoms with Crippen LogP contribution in [0.2, 0.25) is 0 Å². The molecule has 1 aromatic rings. The Morgan fingerprint density at radius 1 is 1.35 bits per heavy atom. The fourth-order valence-corrected chi connectivity index (χ4v) is 2.43. The van der Waals surface area contributed by atoms with Crippen LogP contribution in [0.3, 0.4) is 0 Å². The first-order valence-electron chi connectivity index (χ1n) is 7.59. The predicted molar refractivity (Wildman–Crippen MR) is 98.1 cm³/mol. The number of carbonyl (C=O) groups is 1. The summed E-state index contributed by atoms with van der Waals surface area (Å²) >= 11 is 0. The minimum atomic E-state index is -0.0777. The van der Waals surface area contributed by atoms with E-state index < -0.39 is 0 Å².